The van der Waals surface area contributed by atoms with Crippen LogP contribution in [0.25, 0.3) is 0 Å². The summed E-state index contributed by atoms with van der Waals surface area (Å²) in [5.41, 5.74) is 0.260. The summed E-state index contributed by atoms with van der Waals surface area (Å²) in [6.07, 6.45) is 1.12. The number of aliphatic hydroxyl groups excluding tert-OH is 2. The second-order valence-electron chi connectivity index (χ2n) is 3.94. The molecule has 0 aromatic carbocycles. The molecule has 0 aliphatic rings. The highest BCUT2D eigenvalue weighted by Crippen LogP contribution is 2.21. The maximum absolute atomic E-state index is 8.97. The van der Waals surface area contributed by atoms with Crippen LogP contribution in [0.15, 0.2) is 0 Å². The van der Waals surface area contributed by atoms with Crippen LogP contribution in [0.3, 0.4) is 0 Å². The smallest absolute Gasteiger partial charge is 0.0771 e. The van der Waals surface area contributed by atoms with E-state index < -0.39 is 6.10 Å². The van der Waals surface area contributed by atoms with Gasteiger partial charge in [0.15, 0.2) is 0 Å². The molecule has 0 saturated heterocycles. The minimum atomic E-state index is -0.528. The molecule has 0 heterocycles. The highest BCUT2D eigenvalue weighted by Gasteiger charge is 2.12. The molecule has 0 bridgehead atoms. The molecule has 0 aromatic rings. The van der Waals surface area contributed by atoms with Crippen LogP contribution < -0.4 is 0 Å². The van der Waals surface area contributed by atoms with Gasteiger partial charge >= 0.3 is 0 Å². The predicted octanol–water partition coefficient (Wildman–Crippen LogP) is 1.17. The molecule has 1 atom stereocenters. The van der Waals surface area contributed by atoms with Gasteiger partial charge in [-0.3, -0.25) is 0 Å². The van der Waals surface area contributed by atoms with Gasteiger partial charge in [0.05, 0.1) is 12.7 Å². The van der Waals surface area contributed by atoms with E-state index in [9.17, 15) is 0 Å². The lowest BCUT2D eigenvalue weighted by Gasteiger charge is -2.19. The first-order chi connectivity index (χ1) is 4.45. The minimum Gasteiger partial charge on any atom is -0.394 e. The molecule has 0 rings (SSSR count). The number of aliphatic hydroxyl groups is 2. The number of hydrogen-bond donors (Lipinski definition) is 2. The predicted molar refractivity (Wildman–Crippen MR) is 41.8 cm³/mol. The molecular formula is C8H18O2. The van der Waals surface area contributed by atoms with Crippen LogP contribution in [0, 0.1) is 5.41 Å². The number of hydrogen-bond acceptors (Lipinski definition) is 2. The topological polar surface area (TPSA) is 40.5 Å². The zero-order valence-electron chi connectivity index (χ0n) is 7.09. The van der Waals surface area contributed by atoms with Crippen molar-refractivity contribution in [2.45, 2.75) is 39.7 Å². The summed E-state index contributed by atoms with van der Waals surface area (Å²) in [6.45, 7) is 6.25. The second kappa shape index (κ2) is 3.94. The molecule has 0 saturated carbocycles. The van der Waals surface area contributed by atoms with E-state index in [1.54, 1.807) is 0 Å². The van der Waals surface area contributed by atoms with E-state index >= 15 is 0 Å². The van der Waals surface area contributed by atoms with Crippen molar-refractivity contribution >= 4 is 0 Å². The molecular weight excluding hydrogens is 128 g/mol. The molecule has 10 heavy (non-hydrogen) atoms. The van der Waals surface area contributed by atoms with Gasteiger partial charge in [-0.2, -0.15) is 0 Å². The van der Waals surface area contributed by atoms with E-state index in [-0.39, 0.29) is 12.0 Å². The molecule has 0 aliphatic carbocycles. The lowest BCUT2D eigenvalue weighted by molar-refractivity contribution is 0.0782. The van der Waals surface area contributed by atoms with Crippen LogP contribution in [0.1, 0.15) is 33.6 Å². The largest absolute Gasteiger partial charge is 0.394 e. The average molecular weight is 146 g/mol. The van der Waals surface area contributed by atoms with E-state index in [2.05, 4.69) is 20.8 Å². The van der Waals surface area contributed by atoms with E-state index in [0.717, 1.165) is 6.42 Å². The molecule has 0 radical (unpaired) electrons. The van der Waals surface area contributed by atoms with Gasteiger partial charge in [0.25, 0.3) is 0 Å². The van der Waals surface area contributed by atoms with Crippen LogP contribution in [0.2, 0.25) is 0 Å². The summed E-state index contributed by atoms with van der Waals surface area (Å²) < 4.78 is 0. The van der Waals surface area contributed by atoms with E-state index in [1.807, 2.05) is 0 Å². The molecule has 0 aromatic heterocycles. The second-order valence-corrected chi connectivity index (χ2v) is 3.94. The molecule has 2 N–H and O–H groups in total. The standard InChI is InChI=1S/C8H18O2/c1-8(2,3)5-4-7(10)6-9/h7,9-10H,4-6H2,1-3H3/t7-/m0/s1. The van der Waals surface area contributed by atoms with Crippen molar-refractivity contribution < 1.29 is 10.2 Å². The quantitative estimate of drug-likeness (QED) is 0.627. The normalized spacial score (nSPS) is 15.3. The zero-order chi connectivity index (χ0) is 8.20. The van der Waals surface area contributed by atoms with E-state index in [1.165, 1.54) is 0 Å². The van der Waals surface area contributed by atoms with Crippen molar-refractivity contribution in [3.8, 4) is 0 Å². The summed E-state index contributed by atoms with van der Waals surface area (Å²) in [7, 11) is 0. The summed E-state index contributed by atoms with van der Waals surface area (Å²) >= 11 is 0. The molecule has 0 fully saturated rings. The Bertz CT molecular complexity index is 83.7. The fourth-order valence-electron chi connectivity index (χ4n) is 0.691. The Morgan fingerprint density at radius 3 is 2.10 bits per heavy atom. The molecule has 0 amide bonds. The minimum absolute atomic E-state index is 0.115. The monoisotopic (exact) mass is 146 g/mol. The van der Waals surface area contributed by atoms with Gasteiger partial charge in [0.1, 0.15) is 0 Å². The molecule has 0 spiro atoms. The van der Waals surface area contributed by atoms with Gasteiger partial charge in [-0.05, 0) is 18.3 Å². The first-order valence-corrected chi connectivity index (χ1v) is 3.74. The molecule has 62 valence electrons. The number of rotatable bonds is 3. The van der Waals surface area contributed by atoms with Crippen LogP contribution in [-0.4, -0.2) is 22.9 Å². The van der Waals surface area contributed by atoms with Crippen LogP contribution >= 0.6 is 0 Å². The van der Waals surface area contributed by atoms with Crippen LogP contribution in [-0.2, 0) is 0 Å². The van der Waals surface area contributed by atoms with Crippen molar-refractivity contribution in [3.05, 3.63) is 0 Å². The van der Waals surface area contributed by atoms with Crippen LogP contribution in [0.4, 0.5) is 0 Å². The average Bonchev–Trinajstić information content (AvgIpc) is 1.81. The lowest BCUT2D eigenvalue weighted by Crippen LogP contribution is -2.15. The van der Waals surface area contributed by atoms with Gasteiger partial charge in [-0.1, -0.05) is 20.8 Å². The third kappa shape index (κ3) is 6.05. The highest BCUT2D eigenvalue weighted by atomic mass is 16.3. The SMILES string of the molecule is CC(C)(C)CC[C@H](O)CO. The Kier molecular flexibility index (Phi) is 3.91. The third-order valence-corrected chi connectivity index (χ3v) is 1.44. The Hall–Kier alpha value is -0.0800. The fourth-order valence-corrected chi connectivity index (χ4v) is 0.691. The Balaban J connectivity index is 3.36. The van der Waals surface area contributed by atoms with Gasteiger partial charge in [-0.25, -0.2) is 0 Å². The lowest BCUT2D eigenvalue weighted by atomic mass is 9.89. The van der Waals surface area contributed by atoms with E-state index in [4.69, 9.17) is 10.2 Å². The third-order valence-electron chi connectivity index (χ3n) is 1.44. The van der Waals surface area contributed by atoms with Gasteiger partial charge in [-0.15, -0.1) is 0 Å². The Morgan fingerprint density at radius 2 is 1.80 bits per heavy atom. The first-order valence-electron chi connectivity index (χ1n) is 3.74. The van der Waals surface area contributed by atoms with E-state index in [0.29, 0.717) is 6.42 Å². The first kappa shape index (κ1) is 9.92. The van der Waals surface area contributed by atoms with Gasteiger partial charge in [0, 0.05) is 0 Å². The Morgan fingerprint density at radius 1 is 1.30 bits per heavy atom. The maximum atomic E-state index is 8.97. The highest BCUT2D eigenvalue weighted by molar-refractivity contribution is 4.64. The van der Waals surface area contributed by atoms with Gasteiger partial charge < -0.3 is 10.2 Å². The molecule has 0 aliphatic heterocycles. The van der Waals surface area contributed by atoms with Crippen molar-refractivity contribution in [1.29, 1.82) is 0 Å². The maximum Gasteiger partial charge on any atom is 0.0771 e. The van der Waals surface area contributed by atoms with Crippen molar-refractivity contribution in [2.75, 3.05) is 6.61 Å². The molecule has 2 heteroatoms. The summed E-state index contributed by atoms with van der Waals surface area (Å²) in [6, 6.07) is 0. The van der Waals surface area contributed by atoms with Gasteiger partial charge in [0.2, 0.25) is 0 Å². The summed E-state index contributed by atoms with van der Waals surface area (Å²) in [5.74, 6) is 0. The van der Waals surface area contributed by atoms with Crippen molar-refractivity contribution in [1.82, 2.24) is 0 Å². The fraction of sp³-hybridized carbons (Fsp3) is 1.00. The van der Waals surface area contributed by atoms with Crippen molar-refractivity contribution in [3.63, 3.8) is 0 Å². The molecule has 0 unspecified atom stereocenters. The van der Waals surface area contributed by atoms with Crippen LogP contribution in [0.5, 0.6) is 0 Å². The zero-order valence-corrected chi connectivity index (χ0v) is 7.09. The van der Waals surface area contributed by atoms with Crippen molar-refractivity contribution in [2.24, 2.45) is 5.41 Å². The Labute approximate surface area is 62.9 Å². The molecule has 2 nitrogen and oxygen atoms in total. The summed E-state index contributed by atoms with van der Waals surface area (Å²) in [5, 5.41) is 17.5. The summed E-state index contributed by atoms with van der Waals surface area (Å²) in [4.78, 5) is 0.